The Balaban J connectivity index is 1.31. The van der Waals surface area contributed by atoms with E-state index in [-0.39, 0.29) is 18.1 Å². The Morgan fingerprint density at radius 1 is 1.16 bits per heavy atom. The lowest BCUT2D eigenvalue weighted by Gasteiger charge is -2.00. The molecule has 10 heteroatoms. The number of halogens is 1. The van der Waals surface area contributed by atoms with Crippen LogP contribution < -0.4 is 10.1 Å². The second-order valence-electron chi connectivity index (χ2n) is 6.35. The third-order valence-corrected chi connectivity index (χ3v) is 7.15. The van der Waals surface area contributed by atoms with Gasteiger partial charge in [-0.05, 0) is 35.9 Å². The third kappa shape index (κ3) is 5.66. The number of benzene rings is 2. The SMILES string of the molecule is COc1ccc(-c2nc(CC(=O)Nc3nnc(SCc4ccccc4F)s3)cs2)cc1. The number of amides is 1. The Kier molecular flexibility index (Phi) is 6.90. The molecular formula is C21H17FN4O2S3. The summed E-state index contributed by atoms with van der Waals surface area (Å²) in [6, 6.07) is 14.2. The van der Waals surface area contributed by atoms with Gasteiger partial charge in [-0.25, -0.2) is 9.37 Å². The average Bonchev–Trinajstić information content (AvgIpc) is 3.43. The molecule has 1 amide bonds. The largest absolute Gasteiger partial charge is 0.497 e. The summed E-state index contributed by atoms with van der Waals surface area (Å²) in [7, 11) is 1.62. The fourth-order valence-electron chi connectivity index (χ4n) is 2.66. The van der Waals surface area contributed by atoms with Crippen LogP contribution in [0.3, 0.4) is 0 Å². The first-order valence-corrected chi connectivity index (χ1v) is 11.9. The first-order valence-electron chi connectivity index (χ1n) is 9.19. The zero-order valence-electron chi connectivity index (χ0n) is 16.4. The number of carbonyl (C=O) groups is 1. The standard InChI is InChI=1S/C21H17FN4O2S3/c1-28-16-8-6-13(7-9-16)19-23-15(12-29-19)10-18(27)24-20-25-26-21(31-20)30-11-14-4-2-3-5-17(14)22/h2-9,12H,10-11H2,1H3,(H,24,25,27). The third-order valence-electron chi connectivity index (χ3n) is 4.19. The second-order valence-corrected chi connectivity index (χ2v) is 9.41. The molecule has 0 aliphatic heterocycles. The molecule has 0 aliphatic rings. The van der Waals surface area contributed by atoms with Gasteiger partial charge in [0.2, 0.25) is 11.0 Å². The molecular weight excluding hydrogens is 455 g/mol. The van der Waals surface area contributed by atoms with Crippen LogP contribution in [-0.2, 0) is 17.0 Å². The smallest absolute Gasteiger partial charge is 0.232 e. The number of thiazole rings is 1. The molecule has 4 aromatic rings. The molecule has 2 heterocycles. The van der Waals surface area contributed by atoms with Crippen LogP contribution in [0.1, 0.15) is 11.3 Å². The highest BCUT2D eigenvalue weighted by Gasteiger charge is 2.13. The number of ether oxygens (including phenoxy) is 1. The van der Waals surface area contributed by atoms with E-state index < -0.39 is 0 Å². The highest BCUT2D eigenvalue weighted by molar-refractivity contribution is 8.00. The molecule has 4 rings (SSSR count). The van der Waals surface area contributed by atoms with Crippen molar-refractivity contribution in [2.24, 2.45) is 0 Å². The molecule has 0 unspecified atom stereocenters. The summed E-state index contributed by atoms with van der Waals surface area (Å²) in [5.74, 6) is 0.768. The molecule has 0 radical (unpaired) electrons. The average molecular weight is 473 g/mol. The van der Waals surface area contributed by atoms with Crippen molar-refractivity contribution in [3.05, 3.63) is 71.0 Å². The van der Waals surface area contributed by atoms with Gasteiger partial charge in [0.15, 0.2) is 4.34 Å². The number of carbonyl (C=O) groups excluding carboxylic acids is 1. The number of anilines is 1. The Bertz CT molecular complexity index is 1180. The van der Waals surface area contributed by atoms with E-state index in [2.05, 4.69) is 20.5 Å². The maximum Gasteiger partial charge on any atom is 0.232 e. The van der Waals surface area contributed by atoms with Crippen molar-refractivity contribution in [2.75, 3.05) is 12.4 Å². The summed E-state index contributed by atoms with van der Waals surface area (Å²) in [5.41, 5.74) is 2.26. The number of thioether (sulfide) groups is 1. The topological polar surface area (TPSA) is 77.0 Å². The fourth-order valence-corrected chi connectivity index (χ4v) is 5.24. The zero-order chi connectivity index (χ0) is 21.6. The molecule has 0 saturated heterocycles. The number of methoxy groups -OCH3 is 1. The number of aromatic nitrogens is 3. The van der Waals surface area contributed by atoms with E-state index in [4.69, 9.17) is 4.74 Å². The zero-order valence-corrected chi connectivity index (χ0v) is 18.8. The van der Waals surface area contributed by atoms with E-state index in [1.807, 2.05) is 29.6 Å². The summed E-state index contributed by atoms with van der Waals surface area (Å²) in [5, 5.41) is 13.9. The van der Waals surface area contributed by atoms with Crippen molar-refractivity contribution in [3.8, 4) is 16.3 Å². The summed E-state index contributed by atoms with van der Waals surface area (Å²) >= 11 is 4.12. The van der Waals surface area contributed by atoms with E-state index in [1.54, 1.807) is 25.3 Å². The molecule has 0 atom stereocenters. The summed E-state index contributed by atoms with van der Waals surface area (Å²) < 4.78 is 19.5. The molecule has 0 spiro atoms. The Labute approximate surface area is 190 Å². The monoisotopic (exact) mass is 472 g/mol. The maximum absolute atomic E-state index is 13.7. The molecule has 2 aromatic carbocycles. The quantitative estimate of drug-likeness (QED) is 0.278. The fraction of sp³-hybridized carbons (Fsp3) is 0.143. The van der Waals surface area contributed by atoms with E-state index in [0.29, 0.717) is 26.5 Å². The van der Waals surface area contributed by atoms with Gasteiger partial charge in [-0.15, -0.1) is 21.5 Å². The van der Waals surface area contributed by atoms with Crippen LogP contribution in [0.5, 0.6) is 5.75 Å². The number of rotatable bonds is 8. The van der Waals surface area contributed by atoms with Gasteiger partial charge in [-0.2, -0.15) is 0 Å². The molecule has 0 bridgehead atoms. The van der Waals surface area contributed by atoms with E-state index in [1.165, 1.54) is 40.5 Å². The van der Waals surface area contributed by atoms with Crippen molar-refractivity contribution in [2.45, 2.75) is 16.5 Å². The lowest BCUT2D eigenvalue weighted by Crippen LogP contribution is -2.14. The predicted octanol–water partition coefficient (Wildman–Crippen LogP) is 5.28. The minimum atomic E-state index is -0.245. The van der Waals surface area contributed by atoms with Crippen molar-refractivity contribution in [1.29, 1.82) is 0 Å². The Hall–Kier alpha value is -2.82. The summed E-state index contributed by atoms with van der Waals surface area (Å²) in [6.07, 6.45) is 0.143. The van der Waals surface area contributed by atoms with E-state index >= 15 is 0 Å². The molecule has 0 fully saturated rings. The molecule has 158 valence electrons. The molecule has 1 N–H and O–H groups in total. The lowest BCUT2D eigenvalue weighted by atomic mass is 10.2. The minimum Gasteiger partial charge on any atom is -0.497 e. The van der Waals surface area contributed by atoms with Crippen LogP contribution >= 0.6 is 34.4 Å². The van der Waals surface area contributed by atoms with Crippen LogP contribution in [-0.4, -0.2) is 28.2 Å². The number of nitrogens with zero attached hydrogens (tertiary/aromatic N) is 3. The van der Waals surface area contributed by atoms with Gasteiger partial charge in [-0.1, -0.05) is 41.3 Å². The van der Waals surface area contributed by atoms with E-state index in [9.17, 15) is 9.18 Å². The van der Waals surface area contributed by atoms with Gasteiger partial charge in [0, 0.05) is 16.7 Å². The van der Waals surface area contributed by atoms with Crippen molar-refractivity contribution >= 4 is 45.5 Å². The Morgan fingerprint density at radius 2 is 1.97 bits per heavy atom. The first-order chi connectivity index (χ1) is 15.1. The number of hydrogen-bond acceptors (Lipinski definition) is 8. The number of hydrogen-bond donors (Lipinski definition) is 1. The van der Waals surface area contributed by atoms with Crippen molar-refractivity contribution in [1.82, 2.24) is 15.2 Å². The maximum atomic E-state index is 13.7. The van der Waals surface area contributed by atoms with Gasteiger partial charge < -0.3 is 10.1 Å². The normalized spacial score (nSPS) is 10.8. The van der Waals surface area contributed by atoms with Crippen molar-refractivity contribution in [3.63, 3.8) is 0 Å². The van der Waals surface area contributed by atoms with Gasteiger partial charge in [0.05, 0.1) is 19.2 Å². The Morgan fingerprint density at radius 3 is 2.74 bits per heavy atom. The van der Waals surface area contributed by atoms with Gasteiger partial charge in [-0.3, -0.25) is 4.79 Å². The summed E-state index contributed by atoms with van der Waals surface area (Å²) in [4.78, 5) is 16.9. The van der Waals surface area contributed by atoms with Gasteiger partial charge in [0.1, 0.15) is 16.6 Å². The predicted molar refractivity (Wildman–Crippen MR) is 122 cm³/mol. The van der Waals surface area contributed by atoms with Crippen LogP contribution in [0.25, 0.3) is 10.6 Å². The molecule has 0 aliphatic carbocycles. The van der Waals surface area contributed by atoms with Crippen LogP contribution in [0, 0.1) is 5.82 Å². The molecule has 2 aromatic heterocycles. The van der Waals surface area contributed by atoms with E-state index in [0.717, 1.165) is 16.3 Å². The lowest BCUT2D eigenvalue weighted by molar-refractivity contribution is -0.115. The molecule has 31 heavy (non-hydrogen) atoms. The minimum absolute atomic E-state index is 0.143. The van der Waals surface area contributed by atoms with Crippen molar-refractivity contribution < 1.29 is 13.9 Å². The highest BCUT2D eigenvalue weighted by atomic mass is 32.2. The van der Waals surface area contributed by atoms with Gasteiger partial charge in [0.25, 0.3) is 0 Å². The number of nitrogens with one attached hydrogen (secondary N) is 1. The van der Waals surface area contributed by atoms with Crippen LogP contribution in [0.2, 0.25) is 0 Å². The van der Waals surface area contributed by atoms with Crippen LogP contribution in [0.15, 0.2) is 58.3 Å². The first kappa shape index (κ1) is 21.4. The summed E-state index contributed by atoms with van der Waals surface area (Å²) in [6.45, 7) is 0. The molecule has 6 nitrogen and oxygen atoms in total. The molecule has 0 saturated carbocycles. The van der Waals surface area contributed by atoms with Crippen LogP contribution in [0.4, 0.5) is 9.52 Å². The highest BCUT2D eigenvalue weighted by Crippen LogP contribution is 2.29. The second kappa shape index (κ2) is 9.99. The van der Waals surface area contributed by atoms with Gasteiger partial charge >= 0.3 is 0 Å².